The molecule has 0 atom stereocenters. The number of rotatable bonds is 8. The Morgan fingerprint density at radius 2 is 1.67 bits per heavy atom. The predicted molar refractivity (Wildman–Crippen MR) is 75.5 cm³/mol. The van der Waals surface area contributed by atoms with Gasteiger partial charge in [0.2, 0.25) is 0 Å². The fourth-order valence-electron chi connectivity index (χ4n) is 1.69. The maximum atomic E-state index is 12.2. The van der Waals surface area contributed by atoms with Crippen LogP contribution in [0.25, 0.3) is 0 Å². The average molecular weight is 291 g/mol. The first-order valence-corrected chi connectivity index (χ1v) is 8.33. The Morgan fingerprint density at radius 1 is 1.11 bits per heavy atom. The number of hydrogen-bond acceptors (Lipinski definition) is 3. The van der Waals surface area contributed by atoms with E-state index in [0.29, 0.717) is 19.4 Å². The summed E-state index contributed by atoms with van der Waals surface area (Å²) in [6.07, 6.45) is 2.08. The van der Waals surface area contributed by atoms with Gasteiger partial charge in [0.05, 0.1) is 19.4 Å². The van der Waals surface area contributed by atoms with Crippen molar-refractivity contribution < 1.29 is 13.6 Å². The quantitative estimate of drug-likeness (QED) is 0.659. The monoisotopic (exact) mass is 290 g/mol. The Morgan fingerprint density at radius 3 is 2.17 bits per heavy atom. The van der Waals surface area contributed by atoms with Crippen LogP contribution in [0.5, 0.6) is 0 Å². The van der Waals surface area contributed by atoms with E-state index in [1.807, 2.05) is 38.1 Å². The zero-order chi connectivity index (χ0) is 13.4. The summed E-state index contributed by atoms with van der Waals surface area (Å²) in [6, 6.07) is 7.69. The summed E-state index contributed by atoms with van der Waals surface area (Å²) in [5.74, 6) is 0. The number of hydrogen-bond donors (Lipinski definition) is 0. The first-order valence-electron chi connectivity index (χ1n) is 6.22. The number of halogens is 1. The fraction of sp³-hybridized carbons (Fsp3) is 0.538. The van der Waals surface area contributed by atoms with Crippen molar-refractivity contribution in [2.75, 3.05) is 19.4 Å². The highest BCUT2D eigenvalue weighted by molar-refractivity contribution is 7.53. The van der Waals surface area contributed by atoms with Gasteiger partial charge in [-0.15, -0.1) is 0 Å². The molecule has 18 heavy (non-hydrogen) atoms. The van der Waals surface area contributed by atoms with Crippen LogP contribution in [-0.4, -0.2) is 19.4 Å². The van der Waals surface area contributed by atoms with Gasteiger partial charge in [-0.1, -0.05) is 23.7 Å². The lowest BCUT2D eigenvalue weighted by atomic mass is 10.1. The minimum absolute atomic E-state index is 0.415. The highest BCUT2D eigenvalue weighted by atomic mass is 35.5. The maximum absolute atomic E-state index is 12.2. The topological polar surface area (TPSA) is 35.5 Å². The van der Waals surface area contributed by atoms with Crippen LogP contribution in [0, 0.1) is 0 Å². The summed E-state index contributed by atoms with van der Waals surface area (Å²) in [6.45, 7) is 4.48. The Balaban J connectivity index is 2.43. The third-order valence-electron chi connectivity index (χ3n) is 2.46. The second-order valence-corrected chi connectivity index (χ2v) is 6.52. The van der Waals surface area contributed by atoms with Crippen LogP contribution in [-0.2, 0) is 20.0 Å². The number of aryl methyl sites for hydroxylation is 1. The Kier molecular flexibility index (Phi) is 6.95. The number of benzene rings is 1. The lowest BCUT2D eigenvalue weighted by molar-refractivity contribution is 0.220. The van der Waals surface area contributed by atoms with Crippen LogP contribution in [0.3, 0.4) is 0 Å². The van der Waals surface area contributed by atoms with Crippen molar-refractivity contribution in [3.63, 3.8) is 0 Å². The molecule has 0 saturated carbocycles. The molecule has 102 valence electrons. The molecule has 0 fully saturated rings. The molecule has 3 nitrogen and oxygen atoms in total. The average Bonchev–Trinajstić information content (AvgIpc) is 2.32. The molecule has 0 heterocycles. The largest absolute Gasteiger partial charge is 0.330 e. The van der Waals surface area contributed by atoms with Crippen molar-refractivity contribution in [3.05, 3.63) is 34.9 Å². The lowest BCUT2D eigenvalue weighted by Gasteiger charge is -2.16. The molecule has 5 heteroatoms. The minimum Gasteiger partial charge on any atom is -0.309 e. The van der Waals surface area contributed by atoms with Crippen LogP contribution in [0.4, 0.5) is 0 Å². The van der Waals surface area contributed by atoms with Gasteiger partial charge in [-0.05, 0) is 44.4 Å². The molecule has 1 aromatic rings. The standard InChI is InChI=1S/C13H20ClO3P/c1-3-16-18(15,17-4-2)11-5-6-12-7-9-13(14)10-8-12/h7-10H,3-6,11H2,1-2H3. The molecular weight excluding hydrogens is 271 g/mol. The van der Waals surface area contributed by atoms with Crippen molar-refractivity contribution in [2.24, 2.45) is 0 Å². The van der Waals surface area contributed by atoms with E-state index in [-0.39, 0.29) is 0 Å². The summed E-state index contributed by atoms with van der Waals surface area (Å²) in [4.78, 5) is 0. The molecule has 0 aliphatic carbocycles. The van der Waals surface area contributed by atoms with E-state index >= 15 is 0 Å². The van der Waals surface area contributed by atoms with E-state index in [0.717, 1.165) is 17.9 Å². The first-order chi connectivity index (χ1) is 8.59. The third-order valence-corrected chi connectivity index (χ3v) is 4.88. The Hall–Kier alpha value is -0.340. The highest BCUT2D eigenvalue weighted by Crippen LogP contribution is 2.48. The van der Waals surface area contributed by atoms with Gasteiger partial charge in [-0.25, -0.2) is 0 Å². The van der Waals surface area contributed by atoms with Gasteiger partial charge in [0.1, 0.15) is 0 Å². The molecule has 0 unspecified atom stereocenters. The second-order valence-electron chi connectivity index (χ2n) is 3.90. The summed E-state index contributed by atoms with van der Waals surface area (Å²) >= 11 is 5.82. The van der Waals surface area contributed by atoms with E-state index in [2.05, 4.69) is 0 Å². The van der Waals surface area contributed by atoms with E-state index in [9.17, 15) is 4.57 Å². The molecule has 0 aliphatic rings. The zero-order valence-corrected chi connectivity index (χ0v) is 12.5. The molecular formula is C13H20ClO3P. The second kappa shape index (κ2) is 7.96. The van der Waals surface area contributed by atoms with Crippen LogP contribution in [0.15, 0.2) is 24.3 Å². The van der Waals surface area contributed by atoms with Crippen molar-refractivity contribution >= 4 is 19.2 Å². The maximum Gasteiger partial charge on any atom is 0.330 e. The molecule has 0 aliphatic heterocycles. The Bertz CT molecular complexity index is 382. The van der Waals surface area contributed by atoms with Crippen LogP contribution < -0.4 is 0 Å². The molecule has 1 aromatic carbocycles. The van der Waals surface area contributed by atoms with Crippen molar-refractivity contribution in [2.45, 2.75) is 26.7 Å². The predicted octanol–water partition coefficient (Wildman–Crippen LogP) is 4.54. The van der Waals surface area contributed by atoms with Gasteiger partial charge in [-0.2, -0.15) is 0 Å². The van der Waals surface area contributed by atoms with Gasteiger partial charge in [-0.3, -0.25) is 4.57 Å². The van der Waals surface area contributed by atoms with Crippen molar-refractivity contribution in [3.8, 4) is 0 Å². The molecule has 0 N–H and O–H groups in total. The van der Waals surface area contributed by atoms with E-state index < -0.39 is 7.60 Å². The smallest absolute Gasteiger partial charge is 0.309 e. The van der Waals surface area contributed by atoms with Crippen LogP contribution in [0.1, 0.15) is 25.8 Å². The fourth-order valence-corrected chi connectivity index (χ4v) is 3.48. The van der Waals surface area contributed by atoms with Gasteiger partial charge in [0.15, 0.2) is 0 Å². The summed E-state index contributed by atoms with van der Waals surface area (Å²) in [5, 5.41) is 0.730. The van der Waals surface area contributed by atoms with E-state index in [1.54, 1.807) is 0 Å². The third kappa shape index (κ3) is 5.53. The van der Waals surface area contributed by atoms with Gasteiger partial charge in [0, 0.05) is 5.02 Å². The first kappa shape index (κ1) is 15.7. The molecule has 0 radical (unpaired) electrons. The Labute approximate surface area is 114 Å². The molecule has 0 aromatic heterocycles. The molecule has 0 bridgehead atoms. The van der Waals surface area contributed by atoms with E-state index in [4.69, 9.17) is 20.6 Å². The summed E-state index contributed by atoms with van der Waals surface area (Å²) < 4.78 is 22.7. The van der Waals surface area contributed by atoms with Gasteiger partial charge >= 0.3 is 7.60 Å². The zero-order valence-electron chi connectivity index (χ0n) is 10.9. The molecule has 0 spiro atoms. The summed E-state index contributed by atoms with van der Waals surface area (Å²) in [7, 11) is -2.89. The van der Waals surface area contributed by atoms with Crippen LogP contribution >= 0.6 is 19.2 Å². The van der Waals surface area contributed by atoms with Gasteiger partial charge < -0.3 is 9.05 Å². The highest BCUT2D eigenvalue weighted by Gasteiger charge is 2.22. The van der Waals surface area contributed by atoms with Crippen molar-refractivity contribution in [1.29, 1.82) is 0 Å². The van der Waals surface area contributed by atoms with Crippen molar-refractivity contribution in [1.82, 2.24) is 0 Å². The van der Waals surface area contributed by atoms with Gasteiger partial charge in [0.25, 0.3) is 0 Å². The minimum atomic E-state index is -2.89. The molecule has 0 saturated heterocycles. The molecule has 1 rings (SSSR count). The lowest BCUT2D eigenvalue weighted by Crippen LogP contribution is -2.01. The normalized spacial score (nSPS) is 11.7. The summed E-state index contributed by atoms with van der Waals surface area (Å²) in [5.41, 5.74) is 1.18. The SMILES string of the molecule is CCOP(=O)(CCCc1ccc(Cl)cc1)OCC. The molecule has 0 amide bonds. The van der Waals surface area contributed by atoms with Crippen LogP contribution in [0.2, 0.25) is 5.02 Å². The van der Waals surface area contributed by atoms with E-state index in [1.165, 1.54) is 5.56 Å².